The molecule has 0 bridgehead atoms. The Bertz CT molecular complexity index is 601. The first kappa shape index (κ1) is 12.9. The molecule has 0 saturated heterocycles. The van der Waals surface area contributed by atoms with E-state index in [-0.39, 0.29) is 18.4 Å². The van der Waals surface area contributed by atoms with Gasteiger partial charge >= 0.3 is 0 Å². The molecule has 0 aliphatic carbocycles. The quantitative estimate of drug-likeness (QED) is 0.891. The van der Waals surface area contributed by atoms with Crippen LogP contribution in [-0.4, -0.2) is 23.5 Å². The lowest BCUT2D eigenvalue weighted by Gasteiger charge is -2.11. The highest BCUT2D eigenvalue weighted by Gasteiger charge is 2.22. The SMILES string of the molecule is Nc1nc(CC(=O)NCC2Cc3ccccc3O2)cs1. The molecule has 1 aliphatic heterocycles. The van der Waals surface area contributed by atoms with Gasteiger partial charge in [-0.1, -0.05) is 18.2 Å². The number of aromatic nitrogens is 1. The predicted octanol–water partition coefficient (Wildman–Crippen LogP) is 1.39. The number of nitrogen functional groups attached to an aromatic ring is 1. The molecule has 6 heteroatoms. The molecule has 1 aromatic heterocycles. The number of rotatable bonds is 4. The third-order valence-corrected chi connectivity index (χ3v) is 3.87. The van der Waals surface area contributed by atoms with E-state index in [2.05, 4.69) is 16.4 Å². The van der Waals surface area contributed by atoms with Crippen molar-refractivity contribution in [2.45, 2.75) is 18.9 Å². The first-order valence-electron chi connectivity index (χ1n) is 6.42. The second-order valence-electron chi connectivity index (χ2n) is 4.71. The molecule has 20 heavy (non-hydrogen) atoms. The van der Waals surface area contributed by atoms with Gasteiger partial charge in [0.2, 0.25) is 5.91 Å². The summed E-state index contributed by atoms with van der Waals surface area (Å²) in [7, 11) is 0. The Hall–Kier alpha value is -2.08. The zero-order valence-electron chi connectivity index (χ0n) is 10.8. The standard InChI is InChI=1S/C14H15N3O2S/c15-14-17-10(8-20-14)6-13(18)16-7-11-5-9-3-1-2-4-12(9)19-11/h1-4,8,11H,5-7H2,(H2,15,17)(H,16,18). The lowest BCUT2D eigenvalue weighted by molar-refractivity contribution is -0.120. The maximum Gasteiger partial charge on any atom is 0.226 e. The Balaban J connectivity index is 1.48. The number of thiazole rings is 1. The van der Waals surface area contributed by atoms with Gasteiger partial charge in [0, 0.05) is 11.8 Å². The summed E-state index contributed by atoms with van der Waals surface area (Å²) in [5.74, 6) is 0.855. The monoisotopic (exact) mass is 289 g/mol. The van der Waals surface area contributed by atoms with E-state index in [0.29, 0.717) is 17.4 Å². The summed E-state index contributed by atoms with van der Waals surface area (Å²) < 4.78 is 5.76. The van der Waals surface area contributed by atoms with Crippen LogP contribution in [0, 0.1) is 0 Å². The van der Waals surface area contributed by atoms with Crippen LogP contribution in [0.1, 0.15) is 11.3 Å². The average molecular weight is 289 g/mol. The van der Waals surface area contributed by atoms with Gasteiger partial charge < -0.3 is 15.8 Å². The molecule has 5 nitrogen and oxygen atoms in total. The summed E-state index contributed by atoms with van der Waals surface area (Å²) in [6.45, 7) is 0.507. The lowest BCUT2D eigenvalue weighted by atomic mass is 10.1. The van der Waals surface area contributed by atoms with Crippen LogP contribution in [0.3, 0.4) is 0 Å². The van der Waals surface area contributed by atoms with E-state index in [1.807, 2.05) is 18.2 Å². The molecule has 1 atom stereocenters. The highest BCUT2D eigenvalue weighted by molar-refractivity contribution is 7.13. The van der Waals surface area contributed by atoms with E-state index in [1.54, 1.807) is 5.38 Å². The molecule has 1 aromatic carbocycles. The van der Waals surface area contributed by atoms with Gasteiger partial charge in [0.1, 0.15) is 11.9 Å². The summed E-state index contributed by atoms with van der Waals surface area (Å²) in [6.07, 6.45) is 1.10. The smallest absolute Gasteiger partial charge is 0.226 e. The van der Waals surface area contributed by atoms with E-state index < -0.39 is 0 Å². The minimum Gasteiger partial charge on any atom is -0.488 e. The maximum atomic E-state index is 11.8. The molecule has 1 amide bonds. The number of ether oxygens (including phenoxy) is 1. The normalized spacial score (nSPS) is 16.5. The molecule has 2 heterocycles. The van der Waals surface area contributed by atoms with Crippen LogP contribution in [0.5, 0.6) is 5.75 Å². The number of nitrogens with zero attached hydrogens (tertiary/aromatic N) is 1. The molecule has 0 saturated carbocycles. The first-order chi connectivity index (χ1) is 9.70. The van der Waals surface area contributed by atoms with Gasteiger partial charge in [-0.3, -0.25) is 4.79 Å². The number of para-hydroxylation sites is 1. The number of benzene rings is 1. The van der Waals surface area contributed by atoms with E-state index >= 15 is 0 Å². The summed E-state index contributed by atoms with van der Waals surface area (Å²) in [5, 5.41) is 5.17. The minimum absolute atomic E-state index is 0.0110. The second kappa shape index (κ2) is 5.50. The molecule has 104 valence electrons. The van der Waals surface area contributed by atoms with E-state index in [9.17, 15) is 4.79 Å². The van der Waals surface area contributed by atoms with E-state index in [1.165, 1.54) is 16.9 Å². The van der Waals surface area contributed by atoms with Crippen molar-refractivity contribution in [3.05, 3.63) is 40.9 Å². The average Bonchev–Trinajstić information content (AvgIpc) is 3.02. The number of nitrogens with two attached hydrogens (primary N) is 1. The van der Waals surface area contributed by atoms with E-state index in [4.69, 9.17) is 10.5 Å². The highest BCUT2D eigenvalue weighted by Crippen LogP contribution is 2.27. The van der Waals surface area contributed by atoms with Gasteiger partial charge in [0.15, 0.2) is 5.13 Å². The van der Waals surface area contributed by atoms with Crippen LogP contribution in [0.4, 0.5) is 5.13 Å². The Kier molecular flexibility index (Phi) is 3.56. The molecule has 3 N–H and O–H groups in total. The van der Waals surface area contributed by atoms with Crippen molar-refractivity contribution in [2.75, 3.05) is 12.3 Å². The topological polar surface area (TPSA) is 77.2 Å². The van der Waals surface area contributed by atoms with Gasteiger partial charge in [-0.25, -0.2) is 4.98 Å². The molecular weight excluding hydrogens is 274 g/mol. The number of anilines is 1. The van der Waals surface area contributed by atoms with Crippen LogP contribution in [0.2, 0.25) is 0 Å². The number of hydrogen-bond acceptors (Lipinski definition) is 5. The van der Waals surface area contributed by atoms with Crippen LogP contribution >= 0.6 is 11.3 Å². The second-order valence-corrected chi connectivity index (χ2v) is 5.60. The van der Waals surface area contributed by atoms with Gasteiger partial charge in [0.25, 0.3) is 0 Å². The van der Waals surface area contributed by atoms with Crippen molar-refractivity contribution in [1.29, 1.82) is 0 Å². The number of amides is 1. The number of carbonyl (C=O) groups is 1. The minimum atomic E-state index is -0.0603. The lowest BCUT2D eigenvalue weighted by Crippen LogP contribution is -2.35. The van der Waals surface area contributed by atoms with Crippen molar-refractivity contribution < 1.29 is 9.53 Å². The molecule has 0 spiro atoms. The number of nitrogens with one attached hydrogen (secondary N) is 1. The van der Waals surface area contributed by atoms with Gasteiger partial charge in [-0.15, -0.1) is 11.3 Å². The number of carbonyl (C=O) groups excluding carboxylic acids is 1. The fourth-order valence-corrected chi connectivity index (χ4v) is 2.79. The van der Waals surface area contributed by atoms with Crippen LogP contribution < -0.4 is 15.8 Å². The molecule has 0 fully saturated rings. The van der Waals surface area contributed by atoms with Crippen molar-refractivity contribution in [3.8, 4) is 5.75 Å². The zero-order chi connectivity index (χ0) is 13.9. The number of fused-ring (bicyclic) bond motifs is 1. The Morgan fingerprint density at radius 2 is 2.35 bits per heavy atom. The fraction of sp³-hybridized carbons (Fsp3) is 0.286. The third-order valence-electron chi connectivity index (χ3n) is 3.15. The first-order valence-corrected chi connectivity index (χ1v) is 7.30. The van der Waals surface area contributed by atoms with Crippen molar-refractivity contribution in [2.24, 2.45) is 0 Å². The molecule has 2 aromatic rings. The molecule has 1 unspecified atom stereocenters. The zero-order valence-corrected chi connectivity index (χ0v) is 11.7. The van der Waals surface area contributed by atoms with Gasteiger partial charge in [0.05, 0.1) is 18.7 Å². The summed E-state index contributed by atoms with van der Waals surface area (Å²) >= 11 is 1.34. The molecule has 1 aliphatic rings. The van der Waals surface area contributed by atoms with Crippen LogP contribution in [0.25, 0.3) is 0 Å². The maximum absolute atomic E-state index is 11.8. The molecule has 0 radical (unpaired) electrons. The summed E-state index contributed by atoms with van der Waals surface area (Å²) in [5.41, 5.74) is 7.43. The van der Waals surface area contributed by atoms with Crippen LogP contribution in [0.15, 0.2) is 29.6 Å². The molecule has 3 rings (SSSR count). The van der Waals surface area contributed by atoms with E-state index in [0.717, 1.165) is 12.2 Å². The molecular formula is C14H15N3O2S. The van der Waals surface area contributed by atoms with Crippen LogP contribution in [-0.2, 0) is 17.6 Å². The Morgan fingerprint density at radius 1 is 1.50 bits per heavy atom. The highest BCUT2D eigenvalue weighted by atomic mass is 32.1. The summed E-state index contributed by atoms with van der Waals surface area (Å²) in [6, 6.07) is 7.95. The van der Waals surface area contributed by atoms with Crippen molar-refractivity contribution in [1.82, 2.24) is 10.3 Å². The fourth-order valence-electron chi connectivity index (χ4n) is 2.23. The summed E-state index contributed by atoms with van der Waals surface area (Å²) in [4.78, 5) is 15.9. The van der Waals surface area contributed by atoms with Gasteiger partial charge in [-0.2, -0.15) is 0 Å². The largest absolute Gasteiger partial charge is 0.488 e. The number of hydrogen-bond donors (Lipinski definition) is 2. The Morgan fingerprint density at radius 3 is 3.10 bits per heavy atom. The Labute approximate surface area is 120 Å². The van der Waals surface area contributed by atoms with Gasteiger partial charge in [-0.05, 0) is 11.6 Å². The van der Waals surface area contributed by atoms with Crippen molar-refractivity contribution in [3.63, 3.8) is 0 Å². The van der Waals surface area contributed by atoms with Crippen molar-refractivity contribution >= 4 is 22.4 Å². The predicted molar refractivity (Wildman–Crippen MR) is 77.8 cm³/mol. The third kappa shape index (κ3) is 2.91.